The highest BCUT2D eigenvalue weighted by Crippen LogP contribution is 2.39. The Kier molecular flexibility index (Phi) is 4.63. The van der Waals surface area contributed by atoms with Crippen molar-refractivity contribution in [1.82, 2.24) is 15.0 Å². The smallest absolute Gasteiger partial charge is 0.188 e. The number of ether oxygens (including phenoxy) is 3. The fourth-order valence-electron chi connectivity index (χ4n) is 4.56. The molecule has 1 saturated heterocycles. The molecule has 0 amide bonds. The van der Waals surface area contributed by atoms with E-state index in [2.05, 4.69) is 9.88 Å². The third-order valence-corrected chi connectivity index (χ3v) is 8.61. The normalized spacial score (nSPS) is 25.4. The molecule has 2 unspecified atom stereocenters. The third kappa shape index (κ3) is 3.08. The minimum absolute atomic E-state index is 0.0123. The Morgan fingerprint density at radius 3 is 2.97 bits per heavy atom. The number of morpholine rings is 1. The van der Waals surface area contributed by atoms with Gasteiger partial charge in [-0.1, -0.05) is 0 Å². The van der Waals surface area contributed by atoms with Crippen molar-refractivity contribution < 1.29 is 22.8 Å². The van der Waals surface area contributed by atoms with Gasteiger partial charge in [0.1, 0.15) is 18.1 Å². The Labute approximate surface area is 184 Å². The number of rotatable bonds is 2. The fraction of sp³-hybridized carbons (Fsp3) is 0.409. The van der Waals surface area contributed by atoms with Crippen LogP contribution in [0.3, 0.4) is 0 Å². The first-order valence-corrected chi connectivity index (χ1v) is 12.7. The lowest BCUT2D eigenvalue weighted by molar-refractivity contribution is 0.0695. The van der Waals surface area contributed by atoms with Crippen LogP contribution < -0.4 is 9.64 Å². The highest BCUT2D eigenvalue weighted by molar-refractivity contribution is 8.02. The highest BCUT2D eigenvalue weighted by atomic mass is 32.2. The minimum Gasteiger partial charge on any atom is -0.485 e. The molecule has 3 aliphatic rings. The Morgan fingerprint density at radius 1 is 1.19 bits per heavy atom. The van der Waals surface area contributed by atoms with E-state index in [0.29, 0.717) is 71.8 Å². The van der Waals surface area contributed by atoms with Crippen molar-refractivity contribution in [2.45, 2.75) is 6.04 Å². The Balaban J connectivity index is 1.65. The summed E-state index contributed by atoms with van der Waals surface area (Å²) in [7, 11) is -2.35. The summed E-state index contributed by atoms with van der Waals surface area (Å²) in [6.07, 6.45) is 3.49. The van der Waals surface area contributed by atoms with Crippen LogP contribution >= 0.6 is 0 Å². The number of aromatic amines is 1. The lowest BCUT2D eigenvalue weighted by Crippen LogP contribution is -2.52. The van der Waals surface area contributed by atoms with E-state index in [-0.39, 0.29) is 18.5 Å². The first-order chi connectivity index (χ1) is 15.5. The van der Waals surface area contributed by atoms with E-state index >= 15 is 4.39 Å². The summed E-state index contributed by atoms with van der Waals surface area (Å²) in [4.78, 5) is 15.4. The molecule has 0 spiro atoms. The maximum Gasteiger partial charge on any atom is 0.188 e. The van der Waals surface area contributed by atoms with Gasteiger partial charge in [0.05, 0.1) is 42.9 Å². The highest BCUT2D eigenvalue weighted by Gasteiger charge is 2.36. The van der Waals surface area contributed by atoms with E-state index in [1.165, 1.54) is 6.07 Å². The van der Waals surface area contributed by atoms with Crippen LogP contribution in [-0.4, -0.2) is 81.7 Å². The summed E-state index contributed by atoms with van der Waals surface area (Å²) in [5.74, 6) is 1.32. The summed E-state index contributed by atoms with van der Waals surface area (Å²) < 4.78 is 46.0. The number of nitrogens with one attached hydrogen (secondary N) is 1. The van der Waals surface area contributed by atoms with Crippen LogP contribution in [0.25, 0.3) is 22.3 Å². The average Bonchev–Trinajstić information content (AvgIpc) is 3.27. The Bertz CT molecular complexity index is 1350. The number of fused-ring (bicyclic) bond motifs is 4. The maximum absolute atomic E-state index is 15.1. The third-order valence-electron chi connectivity index (χ3n) is 6.31. The number of halogens is 1. The average molecular weight is 459 g/mol. The molecule has 1 N–H and O–H groups in total. The second kappa shape index (κ2) is 7.43. The van der Waals surface area contributed by atoms with Crippen molar-refractivity contribution in [3.63, 3.8) is 0 Å². The van der Waals surface area contributed by atoms with Crippen LogP contribution in [0, 0.1) is 5.82 Å². The zero-order valence-electron chi connectivity index (χ0n) is 17.6. The van der Waals surface area contributed by atoms with Gasteiger partial charge in [0.15, 0.2) is 17.4 Å². The van der Waals surface area contributed by atoms with Crippen molar-refractivity contribution in [2.24, 2.45) is 0 Å². The molecular weight excluding hydrogens is 435 g/mol. The van der Waals surface area contributed by atoms with Gasteiger partial charge in [-0.15, -0.1) is 0 Å². The summed E-state index contributed by atoms with van der Waals surface area (Å²) >= 11 is 0. The zero-order chi connectivity index (χ0) is 21.9. The molecule has 5 heterocycles. The first-order valence-electron chi connectivity index (χ1n) is 10.6. The fourth-order valence-corrected chi connectivity index (χ4v) is 6.12. The number of H-pyrrole nitrogens is 1. The molecule has 2 atom stereocenters. The number of hydrogen-bond donors (Lipinski definition) is 1. The van der Waals surface area contributed by atoms with Gasteiger partial charge in [-0.25, -0.2) is 14.4 Å². The molecule has 8 nitrogen and oxygen atoms in total. The molecule has 10 heteroatoms. The molecule has 0 saturated carbocycles. The van der Waals surface area contributed by atoms with Crippen LogP contribution in [0.2, 0.25) is 0 Å². The lowest BCUT2D eigenvalue weighted by atomic mass is 10.1. The van der Waals surface area contributed by atoms with Gasteiger partial charge >= 0.3 is 0 Å². The van der Waals surface area contributed by atoms with Gasteiger partial charge in [-0.2, -0.15) is 0 Å². The molecule has 1 fully saturated rings. The largest absolute Gasteiger partial charge is 0.485 e. The quantitative estimate of drug-likeness (QED) is 0.586. The minimum atomic E-state index is -2.35. The molecular formula is C22H23FN4O4S. The first kappa shape index (κ1) is 20.0. The molecule has 168 valence electrons. The number of anilines is 1. The Hall–Kier alpha value is -2.69. The van der Waals surface area contributed by atoms with Crippen LogP contribution in [0.4, 0.5) is 10.2 Å². The topological polar surface area (TPSA) is 89.6 Å². The number of hydrogen-bond acceptors (Lipinski definition) is 7. The van der Waals surface area contributed by atoms with Crippen molar-refractivity contribution in [3.05, 3.63) is 35.9 Å². The van der Waals surface area contributed by atoms with E-state index in [0.717, 1.165) is 5.52 Å². The van der Waals surface area contributed by atoms with Gasteiger partial charge in [-0.3, -0.25) is 4.21 Å². The van der Waals surface area contributed by atoms with Gasteiger partial charge in [0.2, 0.25) is 0 Å². The summed E-state index contributed by atoms with van der Waals surface area (Å²) in [5.41, 5.74) is 1.55. The van der Waals surface area contributed by atoms with Crippen LogP contribution in [0.1, 0.15) is 5.69 Å². The van der Waals surface area contributed by atoms with E-state index in [1.807, 2.05) is 6.07 Å². The molecule has 3 aliphatic heterocycles. The second-order valence-electron chi connectivity index (χ2n) is 8.33. The monoisotopic (exact) mass is 458 g/mol. The second-order valence-corrected chi connectivity index (χ2v) is 11.2. The molecule has 0 aliphatic carbocycles. The molecule has 32 heavy (non-hydrogen) atoms. The van der Waals surface area contributed by atoms with Crippen molar-refractivity contribution >= 4 is 31.1 Å². The summed E-state index contributed by atoms with van der Waals surface area (Å²) in [6, 6.07) is 4.92. The van der Waals surface area contributed by atoms with Crippen LogP contribution in [0.15, 0.2) is 24.4 Å². The molecule has 0 radical (unpaired) electrons. The van der Waals surface area contributed by atoms with Crippen molar-refractivity contribution in [1.29, 1.82) is 0 Å². The number of nitrogens with zero attached hydrogens (tertiary/aromatic N) is 3. The predicted molar refractivity (Wildman–Crippen MR) is 121 cm³/mol. The summed E-state index contributed by atoms with van der Waals surface area (Å²) in [5, 5.41) is 0.688. The van der Waals surface area contributed by atoms with Crippen molar-refractivity contribution in [3.8, 4) is 17.1 Å². The molecule has 3 aromatic rings. The van der Waals surface area contributed by atoms with Gasteiger partial charge in [0.25, 0.3) is 0 Å². The van der Waals surface area contributed by atoms with Gasteiger partial charge in [0, 0.05) is 35.7 Å². The van der Waals surface area contributed by atoms with E-state index in [4.69, 9.17) is 24.2 Å². The molecule has 6 rings (SSSR count). The van der Waals surface area contributed by atoms with Gasteiger partial charge in [-0.05, 0) is 27.7 Å². The molecule has 2 aromatic heterocycles. The lowest BCUT2D eigenvalue weighted by Gasteiger charge is -2.41. The van der Waals surface area contributed by atoms with Gasteiger partial charge < -0.3 is 24.1 Å². The van der Waals surface area contributed by atoms with E-state index in [9.17, 15) is 4.21 Å². The number of benzene rings is 1. The standard InChI is InChI=1S/C22H23FN4O4S/c1-32(28)9-8-30-12-17(32)19-20-22(27-6-7-29-10-13(27)11-31-20)26-21(25-19)18-14-4-5-24-16(14)3-2-15(18)23/h2-5,13,24H,6-12H2,1H3. The predicted octanol–water partition coefficient (Wildman–Crippen LogP) is 1.83. The van der Waals surface area contributed by atoms with Crippen molar-refractivity contribution in [2.75, 3.05) is 56.5 Å². The molecule has 0 bridgehead atoms. The number of aromatic nitrogens is 3. The Morgan fingerprint density at radius 2 is 2.09 bits per heavy atom. The van der Waals surface area contributed by atoms with E-state index in [1.54, 1.807) is 18.5 Å². The van der Waals surface area contributed by atoms with Crippen LogP contribution in [0.5, 0.6) is 5.75 Å². The van der Waals surface area contributed by atoms with Crippen LogP contribution in [-0.2, 0) is 19.0 Å². The SMILES string of the molecule is CS1(=O)=C(c2nc(-c3c(F)ccc4[nH]ccc34)nc3c2OCC2COCCN32)COCC1. The zero-order valence-corrected chi connectivity index (χ0v) is 18.4. The van der Waals surface area contributed by atoms with E-state index < -0.39 is 15.3 Å². The molecule has 1 aromatic carbocycles. The summed E-state index contributed by atoms with van der Waals surface area (Å²) in [6.45, 7) is 2.79. The maximum atomic E-state index is 15.1.